The summed E-state index contributed by atoms with van der Waals surface area (Å²) in [5.41, 5.74) is 2.22. The van der Waals surface area contributed by atoms with Crippen molar-refractivity contribution in [2.45, 2.75) is 33.1 Å². The smallest absolute Gasteiger partial charge is 0.140 e. The van der Waals surface area contributed by atoms with E-state index in [1.807, 2.05) is 12.1 Å². The number of aromatic nitrogens is 2. The second-order valence-electron chi connectivity index (χ2n) is 4.19. The molecule has 0 spiro atoms. The van der Waals surface area contributed by atoms with E-state index in [4.69, 9.17) is 11.6 Å². The van der Waals surface area contributed by atoms with Gasteiger partial charge in [0.15, 0.2) is 0 Å². The van der Waals surface area contributed by atoms with Gasteiger partial charge in [0, 0.05) is 11.3 Å². The number of hydrogen-bond donors (Lipinski definition) is 0. The fourth-order valence-corrected chi connectivity index (χ4v) is 1.97. The maximum absolute atomic E-state index is 6.18. The minimum atomic E-state index is 0.298. The predicted octanol–water partition coefficient (Wildman–Crippen LogP) is 3.97. The van der Waals surface area contributed by atoms with Crippen LogP contribution in [0.5, 0.6) is 0 Å². The number of para-hydroxylation sites is 1. The summed E-state index contributed by atoms with van der Waals surface area (Å²) in [6.45, 7) is 6.28. The molecule has 0 bridgehead atoms. The number of benzene rings is 1. The van der Waals surface area contributed by atoms with Crippen molar-refractivity contribution in [2.75, 3.05) is 0 Å². The average Bonchev–Trinajstić information content (AvgIpc) is 2.28. The van der Waals surface area contributed by atoms with Crippen LogP contribution in [-0.4, -0.2) is 9.97 Å². The molecule has 3 heteroatoms. The van der Waals surface area contributed by atoms with Crippen molar-refractivity contribution in [3.05, 3.63) is 34.7 Å². The normalized spacial score (nSPS) is 11.3. The van der Waals surface area contributed by atoms with Gasteiger partial charge in [-0.15, -0.1) is 0 Å². The first-order chi connectivity index (χ1) is 7.63. The maximum Gasteiger partial charge on any atom is 0.140 e. The van der Waals surface area contributed by atoms with Crippen LogP contribution in [0.4, 0.5) is 0 Å². The Balaban J connectivity index is 2.77. The molecule has 0 aliphatic rings. The monoisotopic (exact) mass is 234 g/mol. The van der Waals surface area contributed by atoms with Crippen molar-refractivity contribution in [1.29, 1.82) is 0 Å². The Hall–Kier alpha value is -1.15. The molecule has 1 heterocycles. The summed E-state index contributed by atoms with van der Waals surface area (Å²) in [5.74, 6) is 1.12. The van der Waals surface area contributed by atoms with Crippen molar-refractivity contribution < 1.29 is 0 Å². The lowest BCUT2D eigenvalue weighted by atomic mass is 10.1. The van der Waals surface area contributed by atoms with Gasteiger partial charge in [0.25, 0.3) is 0 Å². The fourth-order valence-electron chi connectivity index (χ4n) is 1.73. The zero-order valence-electron chi connectivity index (χ0n) is 9.79. The van der Waals surface area contributed by atoms with Crippen LogP contribution in [0.2, 0.25) is 5.15 Å². The third-order valence-electron chi connectivity index (χ3n) is 2.68. The molecule has 0 aliphatic heterocycles. The minimum Gasteiger partial charge on any atom is -0.232 e. The van der Waals surface area contributed by atoms with Crippen molar-refractivity contribution >= 4 is 22.5 Å². The Labute approximate surface area is 101 Å². The molecule has 2 aromatic rings. The standard InChI is InChI=1S/C13H15ClN2/c1-4-9-6-5-7-10-11(9)15-13(8(2)3)16-12(10)14/h5-8H,4H2,1-3H3. The highest BCUT2D eigenvalue weighted by Crippen LogP contribution is 2.25. The second kappa shape index (κ2) is 4.38. The highest BCUT2D eigenvalue weighted by atomic mass is 35.5. The van der Waals surface area contributed by atoms with E-state index in [2.05, 4.69) is 36.8 Å². The van der Waals surface area contributed by atoms with Gasteiger partial charge in [0.1, 0.15) is 11.0 Å². The van der Waals surface area contributed by atoms with Crippen molar-refractivity contribution in [2.24, 2.45) is 0 Å². The molecule has 16 heavy (non-hydrogen) atoms. The first-order valence-corrected chi connectivity index (χ1v) is 5.96. The molecule has 0 N–H and O–H groups in total. The third-order valence-corrected chi connectivity index (χ3v) is 2.97. The maximum atomic E-state index is 6.18. The molecule has 1 aromatic carbocycles. The Bertz CT molecular complexity index is 521. The van der Waals surface area contributed by atoms with Crippen LogP contribution in [0.15, 0.2) is 18.2 Å². The quantitative estimate of drug-likeness (QED) is 0.735. The number of fused-ring (bicyclic) bond motifs is 1. The topological polar surface area (TPSA) is 25.8 Å². The molecule has 0 saturated carbocycles. The summed E-state index contributed by atoms with van der Waals surface area (Å²) in [6.07, 6.45) is 0.961. The van der Waals surface area contributed by atoms with Gasteiger partial charge < -0.3 is 0 Å². The van der Waals surface area contributed by atoms with Gasteiger partial charge in [-0.05, 0) is 18.1 Å². The Morgan fingerprint density at radius 1 is 1.25 bits per heavy atom. The molecule has 0 amide bonds. The van der Waals surface area contributed by atoms with Crippen molar-refractivity contribution in [3.63, 3.8) is 0 Å². The van der Waals surface area contributed by atoms with E-state index >= 15 is 0 Å². The van der Waals surface area contributed by atoms with Crippen LogP contribution in [0.1, 0.15) is 38.1 Å². The van der Waals surface area contributed by atoms with Crippen LogP contribution >= 0.6 is 11.6 Å². The predicted molar refractivity (Wildman–Crippen MR) is 68.0 cm³/mol. The third kappa shape index (κ3) is 1.90. The van der Waals surface area contributed by atoms with Crippen LogP contribution in [0.25, 0.3) is 10.9 Å². The van der Waals surface area contributed by atoms with Crippen LogP contribution in [-0.2, 0) is 6.42 Å². The lowest BCUT2D eigenvalue weighted by Crippen LogP contribution is -2.00. The SMILES string of the molecule is CCc1cccc2c(Cl)nc(C(C)C)nc12. The number of rotatable bonds is 2. The van der Waals surface area contributed by atoms with Gasteiger partial charge in [-0.25, -0.2) is 9.97 Å². The summed E-state index contributed by atoms with van der Waals surface area (Å²) in [7, 11) is 0. The largest absolute Gasteiger partial charge is 0.232 e. The van der Waals surface area contributed by atoms with E-state index in [0.717, 1.165) is 23.1 Å². The van der Waals surface area contributed by atoms with E-state index in [9.17, 15) is 0 Å². The summed E-state index contributed by atoms with van der Waals surface area (Å²) >= 11 is 6.18. The van der Waals surface area contributed by atoms with Gasteiger partial charge in [-0.2, -0.15) is 0 Å². The highest BCUT2D eigenvalue weighted by molar-refractivity contribution is 6.34. The summed E-state index contributed by atoms with van der Waals surface area (Å²) in [4.78, 5) is 8.94. The number of halogens is 1. The second-order valence-corrected chi connectivity index (χ2v) is 4.55. The number of aryl methyl sites for hydroxylation is 1. The van der Waals surface area contributed by atoms with E-state index in [0.29, 0.717) is 11.1 Å². The van der Waals surface area contributed by atoms with Crippen LogP contribution in [0.3, 0.4) is 0 Å². The molecule has 1 aromatic heterocycles. The molecule has 84 valence electrons. The molecule has 0 fully saturated rings. The number of hydrogen-bond acceptors (Lipinski definition) is 2. The van der Waals surface area contributed by atoms with E-state index in [1.54, 1.807) is 0 Å². The molecular weight excluding hydrogens is 220 g/mol. The van der Waals surface area contributed by atoms with Gasteiger partial charge >= 0.3 is 0 Å². The van der Waals surface area contributed by atoms with Crippen LogP contribution in [0, 0.1) is 0 Å². The molecule has 0 unspecified atom stereocenters. The molecular formula is C13H15ClN2. The Morgan fingerprint density at radius 3 is 2.62 bits per heavy atom. The van der Waals surface area contributed by atoms with Gasteiger partial charge in [0.2, 0.25) is 0 Å². The van der Waals surface area contributed by atoms with Gasteiger partial charge in [0.05, 0.1) is 5.52 Å². The fraction of sp³-hybridized carbons (Fsp3) is 0.385. The molecule has 0 aliphatic carbocycles. The zero-order valence-corrected chi connectivity index (χ0v) is 10.5. The van der Waals surface area contributed by atoms with Crippen LogP contribution < -0.4 is 0 Å². The van der Waals surface area contributed by atoms with E-state index in [1.165, 1.54) is 5.56 Å². The summed E-state index contributed by atoms with van der Waals surface area (Å²) in [6, 6.07) is 6.07. The van der Waals surface area contributed by atoms with E-state index < -0.39 is 0 Å². The van der Waals surface area contributed by atoms with Crippen molar-refractivity contribution in [3.8, 4) is 0 Å². The lowest BCUT2D eigenvalue weighted by molar-refractivity contribution is 0.782. The summed E-state index contributed by atoms with van der Waals surface area (Å²) in [5, 5.41) is 1.51. The first-order valence-electron chi connectivity index (χ1n) is 5.58. The molecule has 0 atom stereocenters. The average molecular weight is 235 g/mol. The van der Waals surface area contributed by atoms with Gasteiger partial charge in [-0.3, -0.25) is 0 Å². The van der Waals surface area contributed by atoms with E-state index in [-0.39, 0.29) is 0 Å². The van der Waals surface area contributed by atoms with Crippen molar-refractivity contribution in [1.82, 2.24) is 9.97 Å². The highest BCUT2D eigenvalue weighted by Gasteiger charge is 2.10. The lowest BCUT2D eigenvalue weighted by Gasteiger charge is -2.09. The Kier molecular flexibility index (Phi) is 3.10. The Morgan fingerprint density at radius 2 is 2.00 bits per heavy atom. The molecule has 2 rings (SSSR count). The molecule has 2 nitrogen and oxygen atoms in total. The molecule has 0 radical (unpaired) electrons. The summed E-state index contributed by atoms with van der Waals surface area (Å²) < 4.78 is 0. The minimum absolute atomic E-state index is 0.298. The first kappa shape index (κ1) is 11.3. The number of nitrogens with zero attached hydrogens (tertiary/aromatic N) is 2. The zero-order chi connectivity index (χ0) is 11.7. The molecule has 0 saturated heterocycles. The van der Waals surface area contributed by atoms with Gasteiger partial charge in [-0.1, -0.05) is 44.5 Å².